The van der Waals surface area contributed by atoms with Gasteiger partial charge in [0.05, 0.1) is 0 Å². The summed E-state index contributed by atoms with van der Waals surface area (Å²) in [6.45, 7) is 8.74. The maximum Gasteiger partial charge on any atom is 0.229 e. The fourth-order valence-corrected chi connectivity index (χ4v) is 13.2. The maximum absolute atomic E-state index is 4.37. The summed E-state index contributed by atoms with van der Waals surface area (Å²) >= 11 is 0. The molecular formula is C28H27NSi2. The third kappa shape index (κ3) is 4.11. The summed E-state index contributed by atoms with van der Waals surface area (Å²) in [6.07, 6.45) is 0. The van der Waals surface area contributed by atoms with Crippen LogP contribution in [0.3, 0.4) is 0 Å². The summed E-state index contributed by atoms with van der Waals surface area (Å²) in [6, 6.07) is 43.4. The first-order valence-corrected chi connectivity index (χ1v) is 14.3. The lowest BCUT2D eigenvalue weighted by molar-refractivity contribution is 1.47. The average molecular weight is 434 g/mol. The van der Waals surface area contributed by atoms with Crippen LogP contribution in [0.15, 0.2) is 146 Å². The van der Waals surface area contributed by atoms with Crippen LogP contribution in [0.5, 0.6) is 0 Å². The molecule has 0 aliphatic rings. The third-order valence-corrected chi connectivity index (χ3v) is 14.2. The smallest absolute Gasteiger partial charge is 0.229 e. The van der Waals surface area contributed by atoms with Gasteiger partial charge in [-0.3, -0.25) is 0 Å². The Hall–Kier alpha value is -3.41. The molecule has 0 aliphatic carbocycles. The van der Waals surface area contributed by atoms with Gasteiger partial charge in [0.25, 0.3) is 0 Å². The number of benzene rings is 4. The van der Waals surface area contributed by atoms with Crippen molar-refractivity contribution in [1.29, 1.82) is 0 Å². The molecule has 0 heterocycles. The molecule has 4 aromatic carbocycles. The predicted octanol–water partition coefficient (Wildman–Crippen LogP) is 4.33. The molecule has 0 N–H and O–H groups in total. The van der Waals surface area contributed by atoms with Gasteiger partial charge in [-0.1, -0.05) is 121 Å². The van der Waals surface area contributed by atoms with Crippen molar-refractivity contribution >= 4 is 38.4 Å². The lowest BCUT2D eigenvalue weighted by Crippen LogP contribution is -2.71. The molecule has 0 atom stereocenters. The van der Waals surface area contributed by atoms with Crippen LogP contribution in [0, 0.1) is 0 Å². The lowest BCUT2D eigenvalue weighted by atomic mass is 10.3. The summed E-state index contributed by atoms with van der Waals surface area (Å²) in [5, 5.41) is 4.07. The van der Waals surface area contributed by atoms with Crippen LogP contribution in [0.4, 0.5) is 5.69 Å². The zero-order valence-corrected chi connectivity index (χ0v) is 19.8. The zero-order valence-electron chi connectivity index (χ0n) is 17.6. The van der Waals surface area contributed by atoms with Crippen LogP contribution in [-0.2, 0) is 0 Å². The molecule has 3 heteroatoms. The highest BCUT2D eigenvalue weighted by Gasteiger charge is 2.42. The number of nitrogens with zero attached hydrogens (tertiary/aromatic N) is 1. The van der Waals surface area contributed by atoms with Gasteiger partial charge in [0.2, 0.25) is 8.24 Å². The third-order valence-electron chi connectivity index (χ3n) is 5.78. The van der Waals surface area contributed by atoms with Crippen LogP contribution in [0.1, 0.15) is 0 Å². The fourth-order valence-electron chi connectivity index (χ4n) is 4.29. The monoisotopic (exact) mass is 433 g/mol. The van der Waals surface area contributed by atoms with Gasteiger partial charge in [0, 0.05) is 5.69 Å². The van der Waals surface area contributed by atoms with Gasteiger partial charge >= 0.3 is 0 Å². The van der Waals surface area contributed by atoms with Crippen LogP contribution < -0.4 is 19.8 Å². The van der Waals surface area contributed by atoms with Gasteiger partial charge in [-0.05, 0) is 27.7 Å². The first kappa shape index (κ1) is 20.8. The Bertz CT molecular complexity index is 1070. The van der Waals surface area contributed by atoms with Crippen molar-refractivity contribution in [1.82, 2.24) is 0 Å². The number of para-hydroxylation sites is 1. The van der Waals surface area contributed by atoms with Crippen LogP contribution in [0.25, 0.3) is 0 Å². The summed E-state index contributed by atoms with van der Waals surface area (Å²) in [5.41, 5.74) is 5.57. The van der Waals surface area contributed by atoms with Crippen molar-refractivity contribution in [2.75, 3.05) is 4.23 Å². The number of hydrogen-bond acceptors (Lipinski definition) is 1. The normalized spacial score (nSPS) is 11.1. The van der Waals surface area contributed by atoms with Gasteiger partial charge in [0.15, 0.2) is 8.96 Å². The summed E-state index contributed by atoms with van der Waals surface area (Å²) in [5.74, 6) is 0. The maximum atomic E-state index is 4.37. The van der Waals surface area contributed by atoms with E-state index >= 15 is 0 Å². The van der Waals surface area contributed by atoms with Crippen molar-refractivity contribution in [3.8, 4) is 0 Å². The molecule has 0 fully saturated rings. The highest BCUT2D eigenvalue weighted by molar-refractivity contribution is 7.13. The van der Waals surface area contributed by atoms with Gasteiger partial charge in [-0.15, -0.1) is 13.2 Å². The van der Waals surface area contributed by atoms with Crippen LogP contribution in [0.2, 0.25) is 0 Å². The Morgan fingerprint density at radius 2 is 0.935 bits per heavy atom. The lowest BCUT2D eigenvalue weighted by Gasteiger charge is -2.45. The molecule has 0 aliphatic heterocycles. The molecule has 0 radical (unpaired) electrons. The molecule has 0 amide bonds. The molecule has 0 saturated carbocycles. The minimum atomic E-state index is -2.50. The van der Waals surface area contributed by atoms with Crippen molar-refractivity contribution in [2.24, 2.45) is 0 Å². The standard InChI is InChI=1S/C28H27NSi2/c1-3-31(4-2,28-23-15-8-16-24-28)29(25-17-9-5-10-18-25)30(26-19-11-6-12-20-26)27-21-13-7-14-22-27/h3-24,30H,1-2H2. The highest BCUT2D eigenvalue weighted by atomic mass is 28.4. The van der Waals surface area contributed by atoms with Gasteiger partial charge in [-0.25, -0.2) is 0 Å². The van der Waals surface area contributed by atoms with Gasteiger partial charge < -0.3 is 4.23 Å². The van der Waals surface area contributed by atoms with E-state index in [1.807, 2.05) is 0 Å². The van der Waals surface area contributed by atoms with Gasteiger partial charge in [0.1, 0.15) is 0 Å². The first-order chi connectivity index (χ1) is 15.3. The molecule has 0 unspecified atom stereocenters. The molecule has 1 nitrogen and oxygen atoms in total. The van der Waals surface area contributed by atoms with E-state index in [-0.39, 0.29) is 0 Å². The average Bonchev–Trinajstić information content (AvgIpc) is 2.87. The van der Waals surface area contributed by atoms with Crippen molar-refractivity contribution in [2.45, 2.75) is 0 Å². The van der Waals surface area contributed by atoms with E-state index in [2.05, 4.69) is 150 Å². The second-order valence-electron chi connectivity index (χ2n) is 7.53. The SMILES string of the molecule is C=C[Si](C=C)(c1ccccc1)N(c1ccccc1)[SiH](c1ccccc1)c1ccccc1. The summed E-state index contributed by atoms with van der Waals surface area (Å²) < 4.78 is 2.70. The second kappa shape index (κ2) is 9.60. The van der Waals surface area contributed by atoms with Crippen LogP contribution in [-0.4, -0.2) is 17.2 Å². The predicted molar refractivity (Wildman–Crippen MR) is 140 cm³/mol. The van der Waals surface area contributed by atoms with E-state index in [0.29, 0.717) is 0 Å². The molecule has 4 aromatic rings. The van der Waals surface area contributed by atoms with E-state index < -0.39 is 17.2 Å². The molecule has 0 bridgehead atoms. The minimum absolute atomic E-state index is 1.22. The summed E-state index contributed by atoms with van der Waals surface area (Å²) in [7, 11) is -4.37. The summed E-state index contributed by atoms with van der Waals surface area (Å²) in [4.78, 5) is 0. The number of anilines is 1. The molecule has 4 rings (SSSR count). The Kier molecular flexibility index (Phi) is 6.46. The Labute approximate surface area is 188 Å². The van der Waals surface area contributed by atoms with Crippen molar-refractivity contribution in [3.63, 3.8) is 0 Å². The van der Waals surface area contributed by atoms with E-state index in [1.54, 1.807) is 0 Å². The molecular weight excluding hydrogens is 406 g/mol. The van der Waals surface area contributed by atoms with Crippen molar-refractivity contribution in [3.05, 3.63) is 146 Å². The number of rotatable bonds is 8. The highest BCUT2D eigenvalue weighted by Crippen LogP contribution is 2.25. The molecule has 152 valence electrons. The Morgan fingerprint density at radius 3 is 1.35 bits per heavy atom. The molecule has 31 heavy (non-hydrogen) atoms. The van der Waals surface area contributed by atoms with E-state index in [1.165, 1.54) is 21.2 Å². The molecule has 0 aromatic heterocycles. The van der Waals surface area contributed by atoms with Crippen molar-refractivity contribution < 1.29 is 0 Å². The minimum Gasteiger partial charge on any atom is -0.410 e. The van der Waals surface area contributed by atoms with Gasteiger partial charge in [-0.2, -0.15) is 0 Å². The zero-order chi connectivity index (χ0) is 21.5. The Morgan fingerprint density at radius 1 is 0.548 bits per heavy atom. The number of hydrogen-bond donors (Lipinski definition) is 0. The largest absolute Gasteiger partial charge is 0.410 e. The Balaban J connectivity index is 2.04. The van der Waals surface area contributed by atoms with E-state index in [0.717, 1.165) is 0 Å². The second-order valence-corrected chi connectivity index (χ2v) is 14.2. The van der Waals surface area contributed by atoms with Crippen LogP contribution >= 0.6 is 0 Å². The van der Waals surface area contributed by atoms with E-state index in [9.17, 15) is 0 Å². The first-order valence-electron chi connectivity index (χ1n) is 10.6. The topological polar surface area (TPSA) is 3.24 Å². The molecule has 0 saturated heterocycles. The van der Waals surface area contributed by atoms with E-state index in [4.69, 9.17) is 0 Å². The molecule has 0 spiro atoms. The quantitative estimate of drug-likeness (QED) is 0.374. The fraction of sp³-hybridized carbons (Fsp3) is 0.